The van der Waals surface area contributed by atoms with Gasteiger partial charge in [-0.25, -0.2) is 13.1 Å². The van der Waals surface area contributed by atoms with Gasteiger partial charge in [-0.05, 0) is 33.1 Å². The standard InChI is InChI=1S/C11H17NO3S/c1-3-9(2)11(13)12-16(14,15)10-7-5-4-6-8-10/h3-5,10H,6-8H2,1-2H3,(H,12,13)/b9-3+. The van der Waals surface area contributed by atoms with E-state index in [0.717, 1.165) is 6.42 Å². The van der Waals surface area contributed by atoms with E-state index in [1.165, 1.54) is 0 Å². The summed E-state index contributed by atoms with van der Waals surface area (Å²) in [6, 6.07) is 0. The van der Waals surface area contributed by atoms with E-state index in [1.807, 2.05) is 12.2 Å². The van der Waals surface area contributed by atoms with Crippen molar-refractivity contribution >= 4 is 15.9 Å². The molecule has 90 valence electrons. The van der Waals surface area contributed by atoms with Gasteiger partial charge in [0.2, 0.25) is 10.0 Å². The van der Waals surface area contributed by atoms with Crippen LogP contribution in [0.1, 0.15) is 33.1 Å². The summed E-state index contributed by atoms with van der Waals surface area (Å²) in [4.78, 5) is 11.5. The van der Waals surface area contributed by atoms with Crippen LogP contribution in [0.5, 0.6) is 0 Å². The summed E-state index contributed by atoms with van der Waals surface area (Å²) in [7, 11) is -3.53. The average Bonchev–Trinajstić information content (AvgIpc) is 2.28. The maximum absolute atomic E-state index is 11.8. The fourth-order valence-electron chi connectivity index (χ4n) is 1.47. The van der Waals surface area contributed by atoms with E-state index in [1.54, 1.807) is 19.9 Å². The maximum Gasteiger partial charge on any atom is 0.260 e. The summed E-state index contributed by atoms with van der Waals surface area (Å²) < 4.78 is 25.8. The molecule has 1 aliphatic carbocycles. The van der Waals surface area contributed by atoms with Crippen LogP contribution in [0.2, 0.25) is 0 Å². The van der Waals surface area contributed by atoms with Crippen LogP contribution in [0, 0.1) is 0 Å². The van der Waals surface area contributed by atoms with Crippen molar-refractivity contribution in [2.24, 2.45) is 0 Å². The molecular formula is C11H17NO3S. The minimum atomic E-state index is -3.53. The van der Waals surface area contributed by atoms with Gasteiger partial charge in [0.1, 0.15) is 0 Å². The number of carbonyl (C=O) groups is 1. The van der Waals surface area contributed by atoms with Crippen molar-refractivity contribution in [3.63, 3.8) is 0 Å². The molecule has 5 heteroatoms. The summed E-state index contributed by atoms with van der Waals surface area (Å²) in [5.41, 5.74) is 0.412. The molecule has 0 fully saturated rings. The highest BCUT2D eigenvalue weighted by molar-refractivity contribution is 7.90. The van der Waals surface area contributed by atoms with Crippen LogP contribution in [0.3, 0.4) is 0 Å². The van der Waals surface area contributed by atoms with Crippen molar-refractivity contribution in [1.29, 1.82) is 0 Å². The largest absolute Gasteiger partial charge is 0.269 e. The average molecular weight is 243 g/mol. The quantitative estimate of drug-likeness (QED) is 0.603. The van der Waals surface area contributed by atoms with Crippen molar-refractivity contribution in [2.75, 3.05) is 0 Å². The van der Waals surface area contributed by atoms with Gasteiger partial charge >= 0.3 is 0 Å². The zero-order valence-corrected chi connectivity index (χ0v) is 10.4. The van der Waals surface area contributed by atoms with Gasteiger partial charge in [0.05, 0.1) is 5.25 Å². The molecule has 1 amide bonds. The lowest BCUT2D eigenvalue weighted by Crippen LogP contribution is -2.39. The highest BCUT2D eigenvalue weighted by Crippen LogP contribution is 2.17. The van der Waals surface area contributed by atoms with Gasteiger partial charge in [-0.15, -0.1) is 0 Å². The Morgan fingerprint density at radius 3 is 2.62 bits per heavy atom. The van der Waals surface area contributed by atoms with Gasteiger partial charge in [0.15, 0.2) is 0 Å². The Bertz CT molecular complexity index is 421. The smallest absolute Gasteiger partial charge is 0.260 e. The third-order valence-electron chi connectivity index (χ3n) is 2.69. The van der Waals surface area contributed by atoms with Crippen LogP contribution >= 0.6 is 0 Å². The molecule has 0 aromatic heterocycles. The minimum Gasteiger partial charge on any atom is -0.269 e. The highest BCUT2D eigenvalue weighted by atomic mass is 32.2. The molecule has 1 N–H and O–H groups in total. The number of sulfonamides is 1. The van der Waals surface area contributed by atoms with Crippen LogP contribution in [-0.2, 0) is 14.8 Å². The number of hydrogen-bond acceptors (Lipinski definition) is 3. The van der Waals surface area contributed by atoms with Crippen molar-refractivity contribution < 1.29 is 13.2 Å². The van der Waals surface area contributed by atoms with E-state index in [4.69, 9.17) is 0 Å². The van der Waals surface area contributed by atoms with E-state index in [0.29, 0.717) is 18.4 Å². The molecule has 1 unspecified atom stereocenters. The van der Waals surface area contributed by atoms with Crippen LogP contribution in [0.15, 0.2) is 23.8 Å². The molecule has 0 saturated carbocycles. The molecule has 0 heterocycles. The predicted octanol–water partition coefficient (Wildman–Crippen LogP) is 1.51. The van der Waals surface area contributed by atoms with E-state index in [9.17, 15) is 13.2 Å². The fourth-order valence-corrected chi connectivity index (χ4v) is 2.87. The summed E-state index contributed by atoms with van der Waals surface area (Å²) in [5.74, 6) is -0.531. The molecule has 0 aromatic carbocycles. The molecule has 0 saturated heterocycles. The van der Waals surface area contributed by atoms with Crippen LogP contribution in [0.25, 0.3) is 0 Å². The number of rotatable bonds is 3. The van der Waals surface area contributed by atoms with Gasteiger partial charge < -0.3 is 0 Å². The Balaban J connectivity index is 2.72. The molecule has 1 rings (SSSR count). The molecule has 0 spiro atoms. The lowest BCUT2D eigenvalue weighted by Gasteiger charge is -2.18. The normalized spacial score (nSPS) is 21.9. The second-order valence-corrected chi connectivity index (χ2v) is 5.82. The maximum atomic E-state index is 11.8. The van der Waals surface area contributed by atoms with Crippen molar-refractivity contribution in [3.05, 3.63) is 23.8 Å². The second kappa shape index (κ2) is 5.30. The SMILES string of the molecule is C/C=C(\C)C(=O)NS(=O)(=O)C1CC=CCC1. The third-order valence-corrected chi connectivity index (χ3v) is 4.46. The molecule has 1 atom stereocenters. The first-order valence-electron chi connectivity index (χ1n) is 5.31. The number of allylic oxidation sites excluding steroid dienone is 3. The lowest BCUT2D eigenvalue weighted by atomic mass is 10.1. The number of amides is 1. The zero-order chi connectivity index (χ0) is 12.2. The first-order chi connectivity index (χ1) is 7.47. The van der Waals surface area contributed by atoms with Gasteiger partial charge in [-0.1, -0.05) is 18.2 Å². The van der Waals surface area contributed by atoms with E-state index in [-0.39, 0.29) is 0 Å². The van der Waals surface area contributed by atoms with E-state index >= 15 is 0 Å². The summed E-state index contributed by atoms with van der Waals surface area (Å²) in [6.45, 7) is 3.29. The van der Waals surface area contributed by atoms with Gasteiger partial charge in [-0.3, -0.25) is 4.79 Å². The van der Waals surface area contributed by atoms with Crippen LogP contribution in [0.4, 0.5) is 0 Å². The molecule has 0 radical (unpaired) electrons. The molecule has 4 nitrogen and oxygen atoms in total. The van der Waals surface area contributed by atoms with E-state index in [2.05, 4.69) is 4.72 Å². The summed E-state index contributed by atoms with van der Waals surface area (Å²) in [6.07, 6.45) is 7.21. The Hall–Kier alpha value is -1.10. The third kappa shape index (κ3) is 3.20. The minimum absolute atomic E-state index is 0.412. The topological polar surface area (TPSA) is 63.2 Å². The first-order valence-corrected chi connectivity index (χ1v) is 6.86. The Kier molecular flexibility index (Phi) is 4.29. The van der Waals surface area contributed by atoms with Crippen molar-refractivity contribution in [2.45, 2.75) is 38.4 Å². The monoisotopic (exact) mass is 243 g/mol. The van der Waals surface area contributed by atoms with Crippen molar-refractivity contribution in [1.82, 2.24) is 4.72 Å². The van der Waals surface area contributed by atoms with Crippen LogP contribution in [-0.4, -0.2) is 19.6 Å². The molecular weight excluding hydrogens is 226 g/mol. The van der Waals surface area contributed by atoms with Gasteiger partial charge in [-0.2, -0.15) is 0 Å². The fraction of sp³-hybridized carbons (Fsp3) is 0.545. The Labute approximate surface area is 96.5 Å². The predicted molar refractivity (Wildman–Crippen MR) is 63.3 cm³/mol. The number of carbonyl (C=O) groups excluding carboxylic acids is 1. The first kappa shape index (κ1) is 13.0. The zero-order valence-electron chi connectivity index (χ0n) is 9.56. The Morgan fingerprint density at radius 2 is 2.12 bits per heavy atom. The molecule has 0 bridgehead atoms. The van der Waals surface area contributed by atoms with E-state index < -0.39 is 21.2 Å². The van der Waals surface area contributed by atoms with Gasteiger partial charge in [0, 0.05) is 5.57 Å². The Morgan fingerprint density at radius 1 is 1.44 bits per heavy atom. The van der Waals surface area contributed by atoms with Crippen molar-refractivity contribution in [3.8, 4) is 0 Å². The lowest BCUT2D eigenvalue weighted by molar-refractivity contribution is -0.115. The molecule has 0 aliphatic heterocycles. The summed E-state index contributed by atoms with van der Waals surface area (Å²) >= 11 is 0. The number of hydrogen-bond donors (Lipinski definition) is 1. The highest BCUT2D eigenvalue weighted by Gasteiger charge is 2.27. The molecule has 1 aliphatic rings. The molecule has 16 heavy (non-hydrogen) atoms. The number of nitrogens with one attached hydrogen (secondary N) is 1. The second-order valence-electron chi connectivity index (χ2n) is 3.85. The van der Waals surface area contributed by atoms with Crippen LogP contribution < -0.4 is 4.72 Å². The molecule has 0 aromatic rings. The van der Waals surface area contributed by atoms with Gasteiger partial charge in [0.25, 0.3) is 5.91 Å². The summed E-state index contributed by atoms with van der Waals surface area (Å²) in [5, 5.41) is -0.480.